The number of aromatic nitrogens is 2. The topological polar surface area (TPSA) is 131 Å². The minimum Gasteiger partial charge on any atom is -0.493 e. The minimum absolute atomic E-state index is 0.0290. The summed E-state index contributed by atoms with van der Waals surface area (Å²) >= 11 is 4.72. The highest BCUT2D eigenvalue weighted by Gasteiger charge is 2.25. The van der Waals surface area contributed by atoms with Gasteiger partial charge in [0.05, 0.1) is 10.6 Å². The smallest absolute Gasteiger partial charge is 0.283 e. The zero-order valence-corrected chi connectivity index (χ0v) is 15.3. The van der Waals surface area contributed by atoms with Crippen LogP contribution in [0.25, 0.3) is 0 Å². The van der Waals surface area contributed by atoms with E-state index in [9.17, 15) is 18.3 Å². The van der Waals surface area contributed by atoms with Crippen LogP contribution in [-0.2, 0) is 10.0 Å². The van der Waals surface area contributed by atoms with Gasteiger partial charge in [-0.1, -0.05) is 6.42 Å². The van der Waals surface area contributed by atoms with Crippen molar-refractivity contribution in [3.8, 4) is 5.88 Å². The number of benzene rings is 1. The Balaban J connectivity index is 1.82. The molecule has 0 atom stereocenters. The van der Waals surface area contributed by atoms with Crippen LogP contribution in [0.4, 0.5) is 11.4 Å². The lowest BCUT2D eigenvalue weighted by Gasteiger charge is -2.25. The standard InChI is InChI=1S/C15H17N5O4S2/c21-13-12(14(22)17-15(25)16-13)19-18-10-4-6-11(7-5-10)26(23,24)20-8-2-1-3-9-20/h4-7H,1-3,8-9H2,(H3,16,17,21,22,25). The van der Waals surface area contributed by atoms with Gasteiger partial charge in [-0.15, -0.1) is 5.11 Å². The number of hydrogen-bond acceptors (Lipinski definition) is 7. The molecular weight excluding hydrogens is 378 g/mol. The third-order valence-electron chi connectivity index (χ3n) is 3.95. The molecule has 138 valence electrons. The Kier molecular flexibility index (Phi) is 5.30. The van der Waals surface area contributed by atoms with E-state index in [4.69, 9.17) is 12.2 Å². The molecule has 1 fully saturated rings. The highest BCUT2D eigenvalue weighted by atomic mass is 32.2. The number of sulfonamides is 1. The maximum atomic E-state index is 12.6. The van der Waals surface area contributed by atoms with Crippen LogP contribution < -0.4 is 5.56 Å². The number of H-pyrrole nitrogens is 2. The second-order valence-corrected chi connectivity index (χ2v) is 8.11. The summed E-state index contributed by atoms with van der Waals surface area (Å²) in [4.78, 5) is 16.5. The van der Waals surface area contributed by atoms with Crippen molar-refractivity contribution in [3.05, 3.63) is 39.4 Å². The molecule has 2 heterocycles. The summed E-state index contributed by atoms with van der Waals surface area (Å²) < 4.78 is 26.6. The maximum Gasteiger partial charge on any atom is 0.283 e. The Hall–Kier alpha value is -2.37. The summed E-state index contributed by atoms with van der Waals surface area (Å²) in [7, 11) is -3.51. The maximum absolute atomic E-state index is 12.6. The van der Waals surface area contributed by atoms with Crippen LogP contribution in [0.5, 0.6) is 5.88 Å². The summed E-state index contributed by atoms with van der Waals surface area (Å²) in [5.74, 6) is -0.494. The summed E-state index contributed by atoms with van der Waals surface area (Å²) in [5, 5.41) is 17.2. The van der Waals surface area contributed by atoms with Gasteiger partial charge in [0.1, 0.15) is 0 Å². The number of hydrogen-bond donors (Lipinski definition) is 3. The van der Waals surface area contributed by atoms with Gasteiger partial charge in [0, 0.05) is 13.1 Å². The van der Waals surface area contributed by atoms with Crippen molar-refractivity contribution >= 4 is 33.6 Å². The predicted octanol–water partition coefficient (Wildman–Crippen LogP) is 2.73. The molecule has 0 radical (unpaired) electrons. The molecule has 0 amide bonds. The zero-order chi connectivity index (χ0) is 18.7. The molecule has 11 heteroatoms. The van der Waals surface area contributed by atoms with Crippen LogP contribution in [-0.4, -0.2) is 40.9 Å². The van der Waals surface area contributed by atoms with Gasteiger partial charge < -0.3 is 10.1 Å². The molecule has 1 saturated heterocycles. The molecule has 0 saturated carbocycles. The lowest BCUT2D eigenvalue weighted by molar-refractivity contribution is 0.346. The predicted molar refractivity (Wildman–Crippen MR) is 97.1 cm³/mol. The fourth-order valence-electron chi connectivity index (χ4n) is 2.61. The van der Waals surface area contributed by atoms with E-state index in [2.05, 4.69) is 20.2 Å². The molecule has 0 unspecified atom stereocenters. The molecule has 3 rings (SSSR count). The van der Waals surface area contributed by atoms with Gasteiger partial charge in [0.2, 0.25) is 21.6 Å². The van der Waals surface area contributed by atoms with Gasteiger partial charge >= 0.3 is 0 Å². The zero-order valence-electron chi connectivity index (χ0n) is 13.7. The van der Waals surface area contributed by atoms with Gasteiger partial charge in [-0.2, -0.15) is 9.42 Å². The first-order chi connectivity index (χ1) is 12.4. The third-order valence-corrected chi connectivity index (χ3v) is 6.07. The number of aromatic hydroxyl groups is 1. The fourth-order valence-corrected chi connectivity index (χ4v) is 4.31. The molecule has 2 aromatic rings. The quantitative estimate of drug-likeness (QED) is 0.541. The first kappa shape index (κ1) is 18.4. The molecule has 26 heavy (non-hydrogen) atoms. The van der Waals surface area contributed by atoms with Gasteiger partial charge in [-0.25, -0.2) is 8.42 Å². The summed E-state index contributed by atoms with van der Waals surface area (Å²) in [5.41, 5.74) is -0.660. The van der Waals surface area contributed by atoms with Crippen LogP contribution >= 0.6 is 12.2 Å². The molecule has 1 aromatic heterocycles. The van der Waals surface area contributed by atoms with Crippen molar-refractivity contribution in [2.45, 2.75) is 24.2 Å². The summed E-state index contributed by atoms with van der Waals surface area (Å²) in [6.07, 6.45) is 2.77. The minimum atomic E-state index is -3.51. The van der Waals surface area contributed by atoms with Crippen LogP contribution in [0.1, 0.15) is 19.3 Å². The summed E-state index contributed by atoms with van der Waals surface area (Å²) in [6, 6.07) is 5.86. The Morgan fingerprint density at radius 3 is 2.31 bits per heavy atom. The molecule has 1 aromatic carbocycles. The molecule has 0 bridgehead atoms. The normalized spacial score (nSPS) is 16.2. The van der Waals surface area contributed by atoms with E-state index in [1.54, 1.807) is 0 Å². The van der Waals surface area contributed by atoms with Gasteiger partial charge in [0.15, 0.2) is 4.77 Å². The van der Waals surface area contributed by atoms with Crippen molar-refractivity contribution in [2.75, 3.05) is 13.1 Å². The van der Waals surface area contributed by atoms with E-state index in [0.29, 0.717) is 18.8 Å². The molecule has 1 aliphatic heterocycles. The second-order valence-electron chi connectivity index (χ2n) is 5.76. The monoisotopic (exact) mass is 395 g/mol. The first-order valence-corrected chi connectivity index (χ1v) is 9.80. The molecule has 0 aliphatic carbocycles. The van der Waals surface area contributed by atoms with E-state index < -0.39 is 21.5 Å². The van der Waals surface area contributed by atoms with E-state index in [1.807, 2.05) is 0 Å². The fraction of sp³-hybridized carbons (Fsp3) is 0.333. The molecule has 3 N–H and O–H groups in total. The van der Waals surface area contributed by atoms with Gasteiger partial charge in [-0.05, 0) is 49.3 Å². The second kappa shape index (κ2) is 7.48. The Morgan fingerprint density at radius 2 is 1.69 bits per heavy atom. The SMILES string of the molecule is O=c1[nH]c(=S)[nH]c(O)c1N=Nc1ccc(S(=O)(=O)N2CCCCC2)cc1. The number of nitrogens with zero attached hydrogens (tertiary/aromatic N) is 3. The van der Waals surface area contributed by atoms with Crippen LogP contribution in [0.15, 0.2) is 44.2 Å². The van der Waals surface area contributed by atoms with Crippen molar-refractivity contribution < 1.29 is 13.5 Å². The Bertz CT molecular complexity index is 1030. The van der Waals surface area contributed by atoms with E-state index >= 15 is 0 Å². The van der Waals surface area contributed by atoms with Crippen molar-refractivity contribution in [2.24, 2.45) is 10.2 Å². The molecule has 1 aliphatic rings. The number of rotatable bonds is 4. The van der Waals surface area contributed by atoms with Crippen LogP contribution in [0.2, 0.25) is 0 Å². The number of piperidine rings is 1. The van der Waals surface area contributed by atoms with Crippen molar-refractivity contribution in [3.63, 3.8) is 0 Å². The number of nitrogens with one attached hydrogen (secondary N) is 2. The lowest BCUT2D eigenvalue weighted by Crippen LogP contribution is -2.35. The molecular formula is C15H17N5O4S2. The third kappa shape index (κ3) is 3.89. The van der Waals surface area contributed by atoms with Crippen LogP contribution in [0.3, 0.4) is 0 Å². The lowest BCUT2D eigenvalue weighted by atomic mass is 10.2. The van der Waals surface area contributed by atoms with Crippen molar-refractivity contribution in [1.82, 2.24) is 14.3 Å². The number of azo groups is 1. The average molecular weight is 395 g/mol. The summed E-state index contributed by atoms with van der Waals surface area (Å²) in [6.45, 7) is 1.06. The highest BCUT2D eigenvalue weighted by Crippen LogP contribution is 2.25. The Labute approximate surface area is 154 Å². The first-order valence-electron chi connectivity index (χ1n) is 7.95. The van der Waals surface area contributed by atoms with Crippen LogP contribution in [0, 0.1) is 4.77 Å². The molecule has 9 nitrogen and oxygen atoms in total. The Morgan fingerprint density at radius 1 is 1.04 bits per heavy atom. The molecule has 0 spiro atoms. The van der Waals surface area contributed by atoms with Gasteiger partial charge in [-0.3, -0.25) is 9.78 Å². The number of aromatic amines is 2. The largest absolute Gasteiger partial charge is 0.493 e. The highest BCUT2D eigenvalue weighted by molar-refractivity contribution is 7.89. The van der Waals surface area contributed by atoms with E-state index in [0.717, 1.165) is 19.3 Å². The average Bonchev–Trinajstić information content (AvgIpc) is 2.62. The van der Waals surface area contributed by atoms with E-state index in [1.165, 1.54) is 28.6 Å². The van der Waals surface area contributed by atoms with Gasteiger partial charge in [0.25, 0.3) is 5.56 Å². The van der Waals surface area contributed by atoms with Crippen molar-refractivity contribution in [1.29, 1.82) is 0 Å². The van der Waals surface area contributed by atoms with E-state index in [-0.39, 0.29) is 15.4 Å².